The molecular formula is C19H23NO4S. The zero-order valence-corrected chi connectivity index (χ0v) is 15.6. The molecule has 0 unspecified atom stereocenters. The van der Waals surface area contributed by atoms with E-state index in [2.05, 4.69) is 0 Å². The van der Waals surface area contributed by atoms with Gasteiger partial charge in [0.05, 0.1) is 19.1 Å². The Morgan fingerprint density at radius 2 is 1.84 bits per heavy atom. The number of ketones is 1. The van der Waals surface area contributed by atoms with Crippen molar-refractivity contribution >= 4 is 23.0 Å². The summed E-state index contributed by atoms with van der Waals surface area (Å²) in [6.45, 7) is 2.99. The van der Waals surface area contributed by atoms with E-state index in [-0.39, 0.29) is 24.5 Å². The molecule has 134 valence electrons. The second kappa shape index (κ2) is 9.22. The molecule has 0 aliphatic heterocycles. The Hall–Kier alpha value is -2.34. The van der Waals surface area contributed by atoms with Gasteiger partial charge in [-0.15, -0.1) is 11.3 Å². The number of carbonyl (C=O) groups is 2. The number of methoxy groups -OCH3 is 2. The summed E-state index contributed by atoms with van der Waals surface area (Å²) in [7, 11) is 3.17. The number of ether oxygens (including phenoxy) is 2. The van der Waals surface area contributed by atoms with Crippen molar-refractivity contribution in [3.63, 3.8) is 0 Å². The summed E-state index contributed by atoms with van der Waals surface area (Å²) in [5, 5.41) is 1.87. The number of benzene rings is 1. The highest BCUT2D eigenvalue weighted by atomic mass is 32.1. The fraction of sp³-hybridized carbons (Fsp3) is 0.368. The van der Waals surface area contributed by atoms with Gasteiger partial charge in [0, 0.05) is 25.9 Å². The van der Waals surface area contributed by atoms with E-state index in [0.717, 1.165) is 5.56 Å². The molecule has 0 aliphatic carbocycles. The van der Waals surface area contributed by atoms with E-state index in [1.165, 1.54) is 11.3 Å². The average Bonchev–Trinajstić information content (AvgIpc) is 3.18. The van der Waals surface area contributed by atoms with Crippen LogP contribution in [0.4, 0.5) is 0 Å². The van der Waals surface area contributed by atoms with E-state index in [9.17, 15) is 9.59 Å². The van der Waals surface area contributed by atoms with Crippen molar-refractivity contribution in [2.45, 2.75) is 26.3 Å². The minimum atomic E-state index is -0.0257. The first-order chi connectivity index (χ1) is 12.1. The molecule has 0 N–H and O–H groups in total. The quantitative estimate of drug-likeness (QED) is 0.638. The van der Waals surface area contributed by atoms with Crippen LogP contribution in [0.3, 0.4) is 0 Å². The van der Waals surface area contributed by atoms with Gasteiger partial charge in [0.2, 0.25) is 5.91 Å². The van der Waals surface area contributed by atoms with E-state index in [4.69, 9.17) is 9.47 Å². The van der Waals surface area contributed by atoms with Gasteiger partial charge in [-0.1, -0.05) is 12.1 Å². The van der Waals surface area contributed by atoms with Crippen LogP contribution in [0.25, 0.3) is 0 Å². The number of Topliss-reactive ketones (excluding diaryl/α,β-unsaturated/α-hetero) is 1. The molecule has 0 atom stereocenters. The van der Waals surface area contributed by atoms with Crippen LogP contribution in [0.15, 0.2) is 35.7 Å². The van der Waals surface area contributed by atoms with Crippen LogP contribution in [0.5, 0.6) is 11.5 Å². The Morgan fingerprint density at radius 3 is 2.44 bits per heavy atom. The second-order valence-corrected chi connectivity index (χ2v) is 6.45. The fourth-order valence-corrected chi connectivity index (χ4v) is 3.21. The topological polar surface area (TPSA) is 55.8 Å². The van der Waals surface area contributed by atoms with Crippen LogP contribution < -0.4 is 9.47 Å². The zero-order chi connectivity index (χ0) is 18.2. The molecule has 2 aromatic rings. The lowest BCUT2D eigenvalue weighted by atomic mass is 10.1. The second-order valence-electron chi connectivity index (χ2n) is 5.50. The lowest BCUT2D eigenvalue weighted by molar-refractivity contribution is -0.131. The number of rotatable bonds is 9. The van der Waals surface area contributed by atoms with Crippen LogP contribution in [-0.2, 0) is 11.3 Å². The Balaban J connectivity index is 1.97. The van der Waals surface area contributed by atoms with E-state index in [0.29, 0.717) is 29.5 Å². The number of hydrogen-bond donors (Lipinski definition) is 0. The van der Waals surface area contributed by atoms with Gasteiger partial charge < -0.3 is 14.4 Å². The van der Waals surface area contributed by atoms with Gasteiger partial charge in [-0.25, -0.2) is 0 Å². The maximum Gasteiger partial charge on any atom is 0.223 e. The number of nitrogens with zero attached hydrogens (tertiary/aromatic N) is 1. The van der Waals surface area contributed by atoms with Crippen molar-refractivity contribution in [1.82, 2.24) is 4.90 Å². The van der Waals surface area contributed by atoms with Gasteiger partial charge in [0.25, 0.3) is 0 Å². The van der Waals surface area contributed by atoms with E-state index in [1.54, 1.807) is 25.2 Å². The SMILES string of the molecule is CCN(Cc1ccc(OC)c(OC)c1)C(=O)CCC(=O)c1cccs1. The third kappa shape index (κ3) is 5.06. The molecule has 0 bridgehead atoms. The van der Waals surface area contributed by atoms with E-state index in [1.807, 2.05) is 36.6 Å². The molecule has 0 radical (unpaired) electrons. The monoisotopic (exact) mass is 361 g/mol. The molecule has 1 aromatic heterocycles. The molecule has 0 saturated carbocycles. The number of hydrogen-bond acceptors (Lipinski definition) is 5. The molecule has 1 amide bonds. The van der Waals surface area contributed by atoms with Crippen molar-refractivity contribution < 1.29 is 19.1 Å². The Morgan fingerprint density at radius 1 is 1.08 bits per heavy atom. The number of amides is 1. The first-order valence-electron chi connectivity index (χ1n) is 8.14. The summed E-state index contributed by atoms with van der Waals surface area (Å²) in [4.78, 5) is 26.9. The molecule has 6 heteroatoms. The molecule has 2 rings (SSSR count). The third-order valence-corrected chi connectivity index (χ3v) is 4.83. The molecule has 1 aromatic carbocycles. The average molecular weight is 361 g/mol. The fourth-order valence-electron chi connectivity index (χ4n) is 2.51. The first kappa shape index (κ1) is 19.0. The van der Waals surface area contributed by atoms with Crippen molar-refractivity contribution in [3.8, 4) is 11.5 Å². The van der Waals surface area contributed by atoms with Gasteiger partial charge in [-0.2, -0.15) is 0 Å². The molecule has 1 heterocycles. The number of carbonyl (C=O) groups excluding carboxylic acids is 2. The summed E-state index contributed by atoms with van der Waals surface area (Å²) in [6, 6.07) is 9.24. The van der Waals surface area contributed by atoms with Crippen molar-refractivity contribution in [2.24, 2.45) is 0 Å². The van der Waals surface area contributed by atoms with Gasteiger partial charge in [-0.05, 0) is 36.1 Å². The predicted octanol–water partition coefficient (Wildman–Crippen LogP) is 3.78. The molecule has 0 spiro atoms. The highest BCUT2D eigenvalue weighted by Gasteiger charge is 2.16. The number of thiophene rings is 1. The van der Waals surface area contributed by atoms with Gasteiger partial charge in [0.1, 0.15) is 0 Å². The Bertz CT molecular complexity index is 712. The maximum atomic E-state index is 12.5. The van der Waals surface area contributed by atoms with Crippen LogP contribution in [0, 0.1) is 0 Å². The molecule has 0 saturated heterocycles. The molecule has 5 nitrogen and oxygen atoms in total. The van der Waals surface area contributed by atoms with Gasteiger partial charge in [0.15, 0.2) is 17.3 Å². The standard InChI is InChI=1S/C19H23NO4S/c1-4-20(13-14-7-9-16(23-2)17(12-14)24-3)19(22)10-8-15(21)18-6-5-11-25-18/h5-7,9,11-12H,4,8,10,13H2,1-3H3. The Kier molecular flexibility index (Phi) is 7.01. The summed E-state index contributed by atoms with van der Waals surface area (Å²) in [5.41, 5.74) is 0.956. The summed E-state index contributed by atoms with van der Waals surface area (Å²) < 4.78 is 10.5. The van der Waals surface area contributed by atoms with E-state index < -0.39 is 0 Å². The highest BCUT2D eigenvalue weighted by Crippen LogP contribution is 2.28. The first-order valence-corrected chi connectivity index (χ1v) is 9.02. The van der Waals surface area contributed by atoms with E-state index >= 15 is 0 Å². The van der Waals surface area contributed by atoms with Crippen LogP contribution in [0.2, 0.25) is 0 Å². The van der Waals surface area contributed by atoms with Crippen molar-refractivity contribution in [1.29, 1.82) is 0 Å². The molecular weight excluding hydrogens is 338 g/mol. The van der Waals surface area contributed by atoms with Crippen molar-refractivity contribution in [3.05, 3.63) is 46.2 Å². The lowest BCUT2D eigenvalue weighted by Gasteiger charge is -2.21. The molecule has 0 aliphatic rings. The highest BCUT2D eigenvalue weighted by molar-refractivity contribution is 7.12. The summed E-state index contributed by atoms with van der Waals surface area (Å²) >= 11 is 1.41. The predicted molar refractivity (Wildman–Crippen MR) is 98.5 cm³/mol. The normalized spacial score (nSPS) is 10.4. The zero-order valence-electron chi connectivity index (χ0n) is 14.8. The third-order valence-electron chi connectivity index (χ3n) is 3.92. The van der Waals surface area contributed by atoms with Crippen LogP contribution >= 0.6 is 11.3 Å². The van der Waals surface area contributed by atoms with Gasteiger partial charge in [-0.3, -0.25) is 9.59 Å². The largest absolute Gasteiger partial charge is 0.493 e. The summed E-state index contributed by atoms with van der Waals surface area (Å²) in [6.07, 6.45) is 0.458. The lowest BCUT2D eigenvalue weighted by Crippen LogP contribution is -2.30. The maximum absolute atomic E-state index is 12.5. The van der Waals surface area contributed by atoms with Crippen LogP contribution in [-0.4, -0.2) is 37.4 Å². The summed E-state index contributed by atoms with van der Waals surface area (Å²) in [5.74, 6) is 1.28. The Labute approximate surface area is 152 Å². The smallest absolute Gasteiger partial charge is 0.223 e. The minimum Gasteiger partial charge on any atom is -0.493 e. The molecule has 0 fully saturated rings. The van der Waals surface area contributed by atoms with Crippen LogP contribution in [0.1, 0.15) is 35.0 Å². The molecule has 25 heavy (non-hydrogen) atoms. The van der Waals surface area contributed by atoms with Crippen molar-refractivity contribution in [2.75, 3.05) is 20.8 Å². The minimum absolute atomic E-state index is 0.0190. The van der Waals surface area contributed by atoms with Gasteiger partial charge >= 0.3 is 0 Å².